The minimum atomic E-state index is -0.190. The van der Waals surface area contributed by atoms with Gasteiger partial charge in [-0.15, -0.1) is 0 Å². The third kappa shape index (κ3) is 6.61. The molecular formula is C14H21NO2. The van der Waals surface area contributed by atoms with Gasteiger partial charge in [-0.05, 0) is 37.0 Å². The molecule has 2 N–H and O–H groups in total. The van der Waals surface area contributed by atoms with E-state index in [4.69, 9.17) is 10.5 Å². The Morgan fingerprint density at radius 1 is 1.24 bits per heavy atom. The normalized spacial score (nSPS) is 10.2. The zero-order chi connectivity index (χ0) is 12.5. The number of benzene rings is 1. The van der Waals surface area contributed by atoms with Gasteiger partial charge in [-0.1, -0.05) is 25.0 Å². The molecule has 0 aliphatic carbocycles. The second kappa shape index (κ2) is 7.71. The smallest absolute Gasteiger partial charge is 0.302 e. The number of aryl methyl sites for hydroxylation is 1. The maximum atomic E-state index is 10.5. The fourth-order valence-corrected chi connectivity index (χ4v) is 1.75. The molecule has 0 fully saturated rings. The summed E-state index contributed by atoms with van der Waals surface area (Å²) >= 11 is 0. The quantitative estimate of drug-likeness (QED) is 0.449. The monoisotopic (exact) mass is 235 g/mol. The van der Waals surface area contributed by atoms with E-state index in [9.17, 15) is 4.79 Å². The number of anilines is 1. The van der Waals surface area contributed by atoms with Crippen LogP contribution >= 0.6 is 0 Å². The molecule has 0 bridgehead atoms. The highest BCUT2D eigenvalue weighted by Crippen LogP contribution is 2.11. The van der Waals surface area contributed by atoms with Crippen LogP contribution in [0.2, 0.25) is 0 Å². The van der Waals surface area contributed by atoms with Crippen molar-refractivity contribution in [2.75, 3.05) is 12.3 Å². The summed E-state index contributed by atoms with van der Waals surface area (Å²) in [6.45, 7) is 1.99. The Morgan fingerprint density at radius 3 is 2.71 bits per heavy atom. The Labute approximate surface area is 103 Å². The first-order chi connectivity index (χ1) is 8.18. The fourth-order valence-electron chi connectivity index (χ4n) is 1.75. The van der Waals surface area contributed by atoms with E-state index in [0.29, 0.717) is 6.61 Å². The van der Waals surface area contributed by atoms with Crippen molar-refractivity contribution in [1.82, 2.24) is 0 Å². The van der Waals surface area contributed by atoms with Crippen LogP contribution in [0.1, 0.15) is 38.2 Å². The first-order valence-corrected chi connectivity index (χ1v) is 6.16. The molecule has 0 spiro atoms. The van der Waals surface area contributed by atoms with Gasteiger partial charge in [0.15, 0.2) is 0 Å². The van der Waals surface area contributed by atoms with Gasteiger partial charge in [0.05, 0.1) is 6.61 Å². The second-order valence-electron chi connectivity index (χ2n) is 4.25. The number of unbranched alkanes of at least 4 members (excludes halogenated alkanes) is 3. The molecule has 0 unspecified atom stereocenters. The third-order valence-electron chi connectivity index (χ3n) is 2.62. The number of hydrogen-bond acceptors (Lipinski definition) is 3. The fraction of sp³-hybridized carbons (Fsp3) is 0.500. The van der Waals surface area contributed by atoms with Gasteiger partial charge in [-0.25, -0.2) is 0 Å². The van der Waals surface area contributed by atoms with Gasteiger partial charge < -0.3 is 10.5 Å². The highest BCUT2D eigenvalue weighted by Gasteiger charge is 1.96. The van der Waals surface area contributed by atoms with Gasteiger partial charge in [-0.3, -0.25) is 4.79 Å². The van der Waals surface area contributed by atoms with Gasteiger partial charge in [-0.2, -0.15) is 0 Å². The van der Waals surface area contributed by atoms with Crippen molar-refractivity contribution >= 4 is 11.7 Å². The molecule has 0 radical (unpaired) electrons. The lowest BCUT2D eigenvalue weighted by molar-refractivity contribution is -0.141. The van der Waals surface area contributed by atoms with Crippen LogP contribution in [0.15, 0.2) is 24.3 Å². The van der Waals surface area contributed by atoms with Crippen molar-refractivity contribution in [2.45, 2.75) is 39.0 Å². The minimum Gasteiger partial charge on any atom is -0.466 e. The number of carbonyl (C=O) groups is 1. The lowest BCUT2D eigenvalue weighted by Crippen LogP contribution is -2.00. The average Bonchev–Trinajstić information content (AvgIpc) is 2.27. The molecule has 94 valence electrons. The molecule has 1 aromatic rings. The van der Waals surface area contributed by atoms with Crippen molar-refractivity contribution in [3.05, 3.63) is 29.8 Å². The molecule has 0 aliphatic heterocycles. The summed E-state index contributed by atoms with van der Waals surface area (Å²) < 4.78 is 4.87. The molecule has 0 saturated heterocycles. The molecule has 1 aromatic carbocycles. The summed E-state index contributed by atoms with van der Waals surface area (Å²) in [5, 5.41) is 0. The Kier molecular flexibility index (Phi) is 6.15. The molecule has 0 atom stereocenters. The van der Waals surface area contributed by atoms with Crippen LogP contribution in [0.3, 0.4) is 0 Å². The molecule has 0 aliphatic rings. The van der Waals surface area contributed by atoms with Crippen LogP contribution in [0.5, 0.6) is 0 Å². The zero-order valence-electron chi connectivity index (χ0n) is 10.4. The Hall–Kier alpha value is -1.51. The summed E-state index contributed by atoms with van der Waals surface area (Å²) in [7, 11) is 0. The Balaban J connectivity index is 2.03. The topological polar surface area (TPSA) is 52.3 Å². The molecule has 3 nitrogen and oxygen atoms in total. The maximum Gasteiger partial charge on any atom is 0.302 e. The minimum absolute atomic E-state index is 0.190. The number of rotatable bonds is 7. The van der Waals surface area contributed by atoms with Crippen LogP contribution in [-0.2, 0) is 16.0 Å². The van der Waals surface area contributed by atoms with Crippen LogP contribution in [0.4, 0.5) is 5.69 Å². The highest BCUT2D eigenvalue weighted by molar-refractivity contribution is 5.65. The number of nitrogens with two attached hydrogens (primary N) is 1. The van der Waals surface area contributed by atoms with E-state index in [0.717, 1.165) is 37.8 Å². The molecule has 1 rings (SSSR count). The molecular weight excluding hydrogens is 214 g/mol. The van der Waals surface area contributed by atoms with E-state index in [-0.39, 0.29) is 5.97 Å². The van der Waals surface area contributed by atoms with Crippen molar-refractivity contribution in [2.24, 2.45) is 0 Å². The molecule has 17 heavy (non-hydrogen) atoms. The van der Waals surface area contributed by atoms with Crippen LogP contribution in [0, 0.1) is 0 Å². The SMILES string of the molecule is CC(=O)OCCCCCCc1cccc(N)c1. The van der Waals surface area contributed by atoms with Crippen molar-refractivity contribution < 1.29 is 9.53 Å². The highest BCUT2D eigenvalue weighted by atomic mass is 16.5. The van der Waals surface area contributed by atoms with E-state index in [1.807, 2.05) is 18.2 Å². The lowest BCUT2D eigenvalue weighted by atomic mass is 10.1. The van der Waals surface area contributed by atoms with Gasteiger partial charge in [0.2, 0.25) is 0 Å². The first-order valence-electron chi connectivity index (χ1n) is 6.16. The second-order valence-corrected chi connectivity index (χ2v) is 4.25. The summed E-state index contributed by atoms with van der Waals surface area (Å²) in [4.78, 5) is 10.5. The van der Waals surface area contributed by atoms with Crippen LogP contribution < -0.4 is 5.73 Å². The number of nitrogen functional groups attached to an aromatic ring is 1. The number of esters is 1. The molecule has 0 amide bonds. The number of hydrogen-bond donors (Lipinski definition) is 1. The van der Waals surface area contributed by atoms with Crippen LogP contribution in [-0.4, -0.2) is 12.6 Å². The van der Waals surface area contributed by atoms with Crippen molar-refractivity contribution in [1.29, 1.82) is 0 Å². The summed E-state index contributed by atoms with van der Waals surface area (Å²) in [5.74, 6) is -0.190. The van der Waals surface area contributed by atoms with E-state index in [1.54, 1.807) is 0 Å². The Bertz CT molecular complexity index is 350. The molecule has 0 heterocycles. The van der Waals surface area contributed by atoms with E-state index < -0.39 is 0 Å². The molecule has 0 aromatic heterocycles. The van der Waals surface area contributed by atoms with E-state index in [1.165, 1.54) is 12.5 Å². The van der Waals surface area contributed by atoms with Gasteiger partial charge >= 0.3 is 5.97 Å². The summed E-state index contributed by atoms with van der Waals surface area (Å²) in [6.07, 6.45) is 5.45. The Morgan fingerprint density at radius 2 is 2.00 bits per heavy atom. The number of carbonyl (C=O) groups excluding carboxylic acids is 1. The van der Waals surface area contributed by atoms with Gasteiger partial charge in [0, 0.05) is 12.6 Å². The van der Waals surface area contributed by atoms with Crippen molar-refractivity contribution in [3.8, 4) is 0 Å². The van der Waals surface area contributed by atoms with Gasteiger partial charge in [0.1, 0.15) is 0 Å². The standard InChI is InChI=1S/C14H21NO2/c1-12(16)17-10-5-3-2-4-7-13-8-6-9-14(15)11-13/h6,8-9,11H,2-5,7,10,15H2,1H3. The lowest BCUT2D eigenvalue weighted by Gasteiger charge is -2.03. The third-order valence-corrected chi connectivity index (χ3v) is 2.62. The zero-order valence-corrected chi connectivity index (χ0v) is 10.4. The predicted molar refractivity (Wildman–Crippen MR) is 69.7 cm³/mol. The van der Waals surface area contributed by atoms with Crippen molar-refractivity contribution in [3.63, 3.8) is 0 Å². The predicted octanol–water partition coefficient (Wildman–Crippen LogP) is 2.93. The van der Waals surface area contributed by atoms with Crippen LogP contribution in [0.25, 0.3) is 0 Å². The van der Waals surface area contributed by atoms with E-state index in [2.05, 4.69) is 6.07 Å². The largest absolute Gasteiger partial charge is 0.466 e. The summed E-state index contributed by atoms with van der Waals surface area (Å²) in [5.41, 5.74) is 7.84. The number of ether oxygens (including phenoxy) is 1. The first kappa shape index (κ1) is 13.6. The van der Waals surface area contributed by atoms with E-state index >= 15 is 0 Å². The average molecular weight is 235 g/mol. The summed E-state index contributed by atoms with van der Waals surface area (Å²) in [6, 6.07) is 8.03. The molecule has 3 heteroatoms. The molecule has 0 saturated carbocycles. The maximum absolute atomic E-state index is 10.5. The van der Waals surface area contributed by atoms with Gasteiger partial charge in [0.25, 0.3) is 0 Å².